The Morgan fingerprint density at radius 2 is 1.10 bits per heavy atom. The molecule has 1 unspecified atom stereocenters. The molecule has 14 rings (SSSR count). The average Bonchev–Trinajstić information content (AvgIpc) is 1.13. The number of hydrazone groups is 2. The fourth-order valence-electron chi connectivity index (χ4n) is 13.6. The van der Waals surface area contributed by atoms with Crippen LogP contribution >= 0.6 is 95.6 Å². The minimum absolute atomic E-state index is 0.0736. The average molecular weight is 2120 g/mol. The first-order chi connectivity index (χ1) is 62.5. The van der Waals surface area contributed by atoms with Crippen LogP contribution in [0.25, 0.3) is 32.9 Å². The smallest absolute Gasteiger partial charge is 0.316 e. The highest BCUT2D eigenvalue weighted by molar-refractivity contribution is 9.11. The van der Waals surface area contributed by atoms with Crippen LogP contribution < -0.4 is 31.5 Å². The normalized spacial score (nSPS) is 12.7. The number of hydrogen-bond donors (Lipinski definition) is 7. The van der Waals surface area contributed by atoms with Crippen molar-refractivity contribution < 1.29 is 43.4 Å². The number of fused-ring (bicyclic) bond motifs is 2. The van der Waals surface area contributed by atoms with Gasteiger partial charge in [0.25, 0.3) is 0 Å². The first-order valence-corrected chi connectivity index (χ1v) is 46.7. The number of nitrogens with one attached hydrogen (secondary N) is 5. The number of aldehydes is 1. The molecule has 12 aromatic carbocycles. The Hall–Kier alpha value is -12.0. The molecular formula is C106H101Br6N9O9. The number of benzene rings is 12. The fraction of sp³-hybridized carbons (Fsp3) is 0.179. The topological polar surface area (TPSA) is 259 Å². The molecule has 18 nitrogen and oxygen atoms in total. The lowest BCUT2D eigenvalue weighted by atomic mass is 9.72. The molecule has 0 fully saturated rings. The highest BCUT2D eigenvalue weighted by Crippen LogP contribution is 2.42. The Labute approximate surface area is 809 Å². The molecule has 130 heavy (non-hydrogen) atoms. The van der Waals surface area contributed by atoms with E-state index in [-0.39, 0.29) is 40.5 Å². The van der Waals surface area contributed by atoms with Crippen molar-refractivity contribution >= 4 is 171 Å². The standard InChI is InChI=1S/C27H22Br2N2O2.C27H35NO.C23H17Br2N3O3.C21H18Br2N2O2.C8H9NO/c1-17-24(28)15-22(26(32)25(17)29)16-30-31-27(33)23(20-8-3-2-4-9-20)14-18-11-12-19-7-5-6-10-21(19)13-18;1-20(14-17-25-23(4)11-8-18-27(25,5)6)9-7-10-22(3)19-26(29)28-24-15-12-21(2)13-16-24;1-14-19(24)11-16(12-20(14)25)21-27-23(31-28-21)22(29)26-13-15-7-9-18(10-8-15)30-17-5-3-2-4-6-17;1-13-18(22)11-17(21(27)20(13)23)12-24-25-19(26)9-7-14-6-8-15-4-2-3-5-16(15)10-14;10-7-6-9-8-4-2-1-3-5-8/h2-13,15-16,23,32H,14H2,1H3,(H,31,33);7,9-10,12-17,19H,8,11,18H2,1-6H3,(H,28,29);2-12H,13H2,1H3,(H,26,29);2-6,8,10-12,27H,7,9H2,1H3,(H,25,26);1-5,7,9H,6H2/b30-16+;10-7+,17-14+,20-9+,22-19+;;24-12+;. The highest BCUT2D eigenvalue weighted by Gasteiger charge is 2.27. The number of para-hydroxylation sites is 2. The van der Waals surface area contributed by atoms with Crippen LogP contribution in [0, 0.1) is 33.1 Å². The van der Waals surface area contributed by atoms with E-state index >= 15 is 0 Å². The first kappa shape index (κ1) is 100. The third-order valence-electron chi connectivity index (χ3n) is 21.0. The number of ether oxygens (including phenoxy) is 1. The number of carbonyl (C=O) groups is 5. The van der Waals surface area contributed by atoms with Gasteiger partial charge in [0.15, 0.2) is 0 Å². The maximum Gasteiger partial charge on any atom is 0.316 e. The van der Waals surface area contributed by atoms with Crippen LogP contribution in [0.15, 0.2) is 349 Å². The zero-order valence-electron chi connectivity index (χ0n) is 73.4. The summed E-state index contributed by atoms with van der Waals surface area (Å²) in [5.41, 5.74) is 22.1. The van der Waals surface area contributed by atoms with Gasteiger partial charge in [-0.2, -0.15) is 15.2 Å². The number of amides is 4. The second-order valence-electron chi connectivity index (χ2n) is 31.4. The van der Waals surface area contributed by atoms with Crippen molar-refractivity contribution in [3.05, 3.63) is 396 Å². The lowest BCUT2D eigenvalue weighted by Crippen LogP contribution is -2.27. The number of phenols is 2. The predicted molar refractivity (Wildman–Crippen MR) is 548 cm³/mol. The number of hydrogen-bond acceptors (Lipinski definition) is 14. The van der Waals surface area contributed by atoms with E-state index in [1.807, 2.05) is 229 Å². The molecule has 0 radical (unpaired) electrons. The maximum atomic E-state index is 13.2. The molecule has 0 saturated heterocycles. The van der Waals surface area contributed by atoms with Crippen LogP contribution in [-0.4, -0.2) is 69.2 Å². The Kier molecular flexibility index (Phi) is 38.7. The van der Waals surface area contributed by atoms with Crippen LogP contribution in [0.3, 0.4) is 0 Å². The zero-order chi connectivity index (χ0) is 93.2. The van der Waals surface area contributed by atoms with Crippen molar-refractivity contribution in [1.82, 2.24) is 26.3 Å². The number of allylic oxidation sites excluding steroid dienone is 9. The van der Waals surface area contributed by atoms with Gasteiger partial charge in [0.1, 0.15) is 29.3 Å². The summed E-state index contributed by atoms with van der Waals surface area (Å²) in [5.74, 6) is 0.554. The number of aromatic hydroxyl groups is 2. The summed E-state index contributed by atoms with van der Waals surface area (Å²) in [6, 6.07) is 80.2. The summed E-state index contributed by atoms with van der Waals surface area (Å²) < 4.78 is 15.6. The maximum absolute atomic E-state index is 13.2. The number of rotatable bonds is 26. The van der Waals surface area contributed by atoms with E-state index in [2.05, 4.69) is 243 Å². The summed E-state index contributed by atoms with van der Waals surface area (Å²) in [4.78, 5) is 63.9. The van der Waals surface area contributed by atoms with Crippen LogP contribution in [0.4, 0.5) is 11.4 Å². The first-order valence-electron chi connectivity index (χ1n) is 41.9. The van der Waals surface area contributed by atoms with E-state index in [0.29, 0.717) is 58.2 Å². The molecule has 0 spiro atoms. The second-order valence-corrected chi connectivity index (χ2v) is 36.5. The van der Waals surface area contributed by atoms with Gasteiger partial charge in [0.2, 0.25) is 23.5 Å². The van der Waals surface area contributed by atoms with E-state index < -0.39 is 11.8 Å². The third kappa shape index (κ3) is 30.8. The van der Waals surface area contributed by atoms with E-state index in [1.54, 1.807) is 18.2 Å². The molecule has 0 bridgehead atoms. The van der Waals surface area contributed by atoms with Crippen molar-refractivity contribution in [3.8, 4) is 34.4 Å². The van der Waals surface area contributed by atoms with Gasteiger partial charge in [0, 0.05) is 65.0 Å². The van der Waals surface area contributed by atoms with E-state index in [9.17, 15) is 34.2 Å². The second kappa shape index (κ2) is 50.2. The molecule has 1 atom stereocenters. The Morgan fingerprint density at radius 1 is 0.569 bits per heavy atom. The van der Waals surface area contributed by atoms with Crippen molar-refractivity contribution in [1.29, 1.82) is 0 Å². The number of phenolic OH excluding ortho intramolecular Hbond substituents is 2. The number of halogens is 6. The SMILES string of the molecule is CC1=C(/C=C/C(C)=C/C=C/C(C)=C/C(=O)Nc2ccc(C)cc2)C(C)(C)CCC1.Cc1c(Br)cc(-c2noc(C(=O)NCc3ccc(Oc4ccccc4)cc3)n2)cc1Br.Cc1c(Br)cc(/C=N/NC(=O)C(Cc2ccc3ccccc3c2)c2ccccc2)c(O)c1Br.Cc1c(Br)cc(/C=N/NC(=O)CCc2ccc3ccccc3c2)c(O)c1Br.O=CCNc1ccccc1. The minimum atomic E-state index is -0.436. The lowest BCUT2D eigenvalue weighted by molar-refractivity contribution is -0.122. The highest BCUT2D eigenvalue weighted by atomic mass is 79.9. The molecule has 666 valence electrons. The fourth-order valence-corrected chi connectivity index (χ4v) is 17.1. The number of aromatic nitrogens is 2. The van der Waals surface area contributed by atoms with Gasteiger partial charge >= 0.3 is 11.8 Å². The third-order valence-corrected chi connectivity index (χ3v) is 26.3. The minimum Gasteiger partial charge on any atom is -0.506 e. The lowest BCUT2D eigenvalue weighted by Gasteiger charge is -2.32. The summed E-state index contributed by atoms with van der Waals surface area (Å²) in [5, 5.41) is 45.8. The molecule has 13 aromatic rings. The van der Waals surface area contributed by atoms with Crippen LogP contribution in [-0.2, 0) is 38.6 Å². The number of carbonyl (C=O) groups excluding carboxylic acids is 5. The summed E-state index contributed by atoms with van der Waals surface area (Å²) in [6.07, 6.45) is 21.1. The van der Waals surface area contributed by atoms with Gasteiger partial charge < -0.3 is 40.2 Å². The molecule has 4 amide bonds. The Morgan fingerprint density at radius 3 is 1.69 bits per heavy atom. The molecule has 1 aliphatic carbocycles. The quantitative estimate of drug-likeness (QED) is 0.00878. The number of aryl methyl sites for hydroxylation is 2. The molecule has 0 saturated carbocycles. The van der Waals surface area contributed by atoms with E-state index in [0.717, 1.165) is 103 Å². The van der Waals surface area contributed by atoms with E-state index in [4.69, 9.17) is 9.26 Å². The molecule has 1 aliphatic rings. The number of nitrogens with zero attached hydrogens (tertiary/aromatic N) is 4. The molecule has 1 aromatic heterocycles. The summed E-state index contributed by atoms with van der Waals surface area (Å²) in [6.45, 7) is 19.4. The predicted octanol–water partition coefficient (Wildman–Crippen LogP) is 27.4. The Balaban J connectivity index is 0.000000174. The van der Waals surface area contributed by atoms with Gasteiger partial charge in [-0.15, -0.1) is 0 Å². The van der Waals surface area contributed by atoms with Gasteiger partial charge in [-0.05, 0) is 262 Å². The molecule has 24 heteroatoms. The van der Waals surface area contributed by atoms with Crippen LogP contribution in [0.5, 0.6) is 23.0 Å². The van der Waals surface area contributed by atoms with Gasteiger partial charge in [0.05, 0.1) is 33.8 Å². The monoisotopic (exact) mass is 2120 g/mol. The zero-order valence-corrected chi connectivity index (χ0v) is 82.9. The van der Waals surface area contributed by atoms with Crippen LogP contribution in [0.2, 0.25) is 0 Å². The van der Waals surface area contributed by atoms with Gasteiger partial charge in [-0.25, -0.2) is 10.9 Å². The summed E-state index contributed by atoms with van der Waals surface area (Å²) >= 11 is 20.6. The van der Waals surface area contributed by atoms with Crippen molar-refractivity contribution in [2.24, 2.45) is 15.6 Å². The molecule has 0 aliphatic heterocycles. The molecular weight excluding hydrogens is 2020 g/mol. The van der Waals surface area contributed by atoms with Crippen molar-refractivity contribution in [2.75, 3.05) is 17.2 Å². The molecule has 1 heterocycles. The van der Waals surface area contributed by atoms with Crippen molar-refractivity contribution in [3.63, 3.8) is 0 Å². The Bertz CT molecular complexity index is 6310. The number of anilines is 2. The van der Waals surface area contributed by atoms with Gasteiger partial charge in [-0.1, -0.05) is 306 Å². The molecule has 7 N–H and O–H groups in total. The van der Waals surface area contributed by atoms with Gasteiger partial charge in [-0.3, -0.25) is 19.2 Å². The largest absolute Gasteiger partial charge is 0.506 e. The van der Waals surface area contributed by atoms with Crippen LogP contribution in [0.1, 0.15) is 133 Å². The summed E-state index contributed by atoms with van der Waals surface area (Å²) in [7, 11) is 0. The van der Waals surface area contributed by atoms with E-state index in [1.165, 1.54) is 70.1 Å². The van der Waals surface area contributed by atoms with Crippen molar-refractivity contribution in [2.45, 2.75) is 113 Å².